The maximum atomic E-state index is 13.8. The summed E-state index contributed by atoms with van der Waals surface area (Å²) in [5.74, 6) is -0.568. The van der Waals surface area contributed by atoms with E-state index in [0.29, 0.717) is 0 Å². The SMILES string of the molecule is COc1ccc(F)cc1C(C)(C)CC(O)(COS(=O)(=O)c1ccc(C)cc1)C(F)(F)F. The van der Waals surface area contributed by atoms with Gasteiger partial charge in [0.05, 0.1) is 12.0 Å². The van der Waals surface area contributed by atoms with Gasteiger partial charge in [0.1, 0.15) is 18.2 Å². The van der Waals surface area contributed by atoms with Gasteiger partial charge in [0.2, 0.25) is 0 Å². The van der Waals surface area contributed by atoms with Crippen molar-refractivity contribution in [1.29, 1.82) is 0 Å². The minimum absolute atomic E-state index is 0.0825. The van der Waals surface area contributed by atoms with Crippen molar-refractivity contribution in [3.05, 3.63) is 59.4 Å². The highest BCUT2D eigenvalue weighted by atomic mass is 32.2. The van der Waals surface area contributed by atoms with Gasteiger partial charge >= 0.3 is 6.18 Å². The molecule has 2 aromatic rings. The fourth-order valence-corrected chi connectivity index (χ4v) is 4.17. The van der Waals surface area contributed by atoms with Gasteiger partial charge in [-0.25, -0.2) is 4.39 Å². The number of ether oxygens (including phenoxy) is 1. The predicted octanol–water partition coefficient (Wildman–Crippen LogP) is 4.51. The number of aliphatic hydroxyl groups is 1. The third kappa shape index (κ3) is 5.75. The molecule has 0 aromatic heterocycles. The number of hydrogen-bond donors (Lipinski definition) is 1. The summed E-state index contributed by atoms with van der Waals surface area (Å²) in [5.41, 5.74) is -4.17. The molecule has 0 heterocycles. The van der Waals surface area contributed by atoms with Gasteiger partial charge in [0.25, 0.3) is 10.1 Å². The van der Waals surface area contributed by atoms with Crippen LogP contribution in [0.4, 0.5) is 17.6 Å². The number of benzene rings is 2. The third-order valence-corrected chi connectivity index (χ3v) is 6.19. The topological polar surface area (TPSA) is 72.8 Å². The molecule has 5 nitrogen and oxygen atoms in total. The number of aryl methyl sites for hydroxylation is 1. The molecule has 1 unspecified atom stereocenters. The van der Waals surface area contributed by atoms with Gasteiger partial charge in [-0.2, -0.15) is 21.6 Å². The predicted molar refractivity (Wildman–Crippen MR) is 106 cm³/mol. The van der Waals surface area contributed by atoms with E-state index in [-0.39, 0.29) is 16.2 Å². The lowest BCUT2D eigenvalue weighted by atomic mass is 9.74. The van der Waals surface area contributed by atoms with Crippen molar-refractivity contribution in [1.82, 2.24) is 0 Å². The molecule has 1 N–H and O–H groups in total. The Morgan fingerprint density at radius 2 is 1.61 bits per heavy atom. The zero-order chi connectivity index (χ0) is 23.7. The average molecular weight is 464 g/mol. The Balaban J connectivity index is 2.36. The Morgan fingerprint density at radius 1 is 1.03 bits per heavy atom. The molecule has 1 atom stereocenters. The first-order valence-electron chi connectivity index (χ1n) is 9.20. The maximum absolute atomic E-state index is 13.8. The van der Waals surface area contributed by atoms with Crippen molar-refractivity contribution in [3.63, 3.8) is 0 Å². The standard InChI is InChI=1S/C21H24F4O5S/c1-14-5-8-16(9-6-14)31(27,28)30-13-20(26,21(23,24)25)12-19(2,3)17-11-15(22)7-10-18(17)29-4/h5-11,26H,12-13H2,1-4H3. The first-order valence-corrected chi connectivity index (χ1v) is 10.6. The van der Waals surface area contributed by atoms with E-state index >= 15 is 0 Å². The maximum Gasteiger partial charge on any atom is 0.419 e. The molecule has 172 valence electrons. The van der Waals surface area contributed by atoms with Crippen molar-refractivity contribution in [2.24, 2.45) is 0 Å². The summed E-state index contributed by atoms with van der Waals surface area (Å²) in [4.78, 5) is -0.339. The smallest absolute Gasteiger partial charge is 0.419 e. The van der Waals surface area contributed by atoms with Crippen molar-refractivity contribution in [2.45, 2.75) is 49.3 Å². The highest BCUT2D eigenvalue weighted by Gasteiger charge is 2.57. The van der Waals surface area contributed by atoms with Crippen LogP contribution in [0.1, 0.15) is 31.4 Å². The van der Waals surface area contributed by atoms with E-state index in [4.69, 9.17) is 4.74 Å². The molecule has 0 radical (unpaired) electrons. The van der Waals surface area contributed by atoms with Crippen LogP contribution >= 0.6 is 0 Å². The summed E-state index contributed by atoms with van der Waals surface area (Å²) >= 11 is 0. The van der Waals surface area contributed by atoms with Crippen molar-refractivity contribution in [2.75, 3.05) is 13.7 Å². The minimum Gasteiger partial charge on any atom is -0.496 e. The molecular formula is C21H24F4O5S. The summed E-state index contributed by atoms with van der Waals surface area (Å²) in [6.07, 6.45) is -6.24. The first-order chi connectivity index (χ1) is 14.1. The average Bonchev–Trinajstić information content (AvgIpc) is 2.65. The number of methoxy groups -OCH3 is 1. The van der Waals surface area contributed by atoms with Crippen LogP contribution < -0.4 is 4.74 Å². The van der Waals surface area contributed by atoms with Crippen LogP contribution in [-0.4, -0.2) is 39.0 Å². The fraction of sp³-hybridized carbons (Fsp3) is 0.429. The number of hydrogen-bond acceptors (Lipinski definition) is 5. The molecule has 0 spiro atoms. The highest BCUT2D eigenvalue weighted by molar-refractivity contribution is 7.86. The molecule has 0 aliphatic rings. The van der Waals surface area contributed by atoms with Gasteiger partial charge < -0.3 is 9.84 Å². The summed E-state index contributed by atoms with van der Waals surface area (Å²) in [5, 5.41) is 10.5. The largest absolute Gasteiger partial charge is 0.496 e. The van der Waals surface area contributed by atoms with E-state index in [1.54, 1.807) is 6.92 Å². The van der Waals surface area contributed by atoms with Gasteiger partial charge in [-0.3, -0.25) is 4.18 Å². The lowest BCUT2D eigenvalue weighted by Crippen LogP contribution is -2.53. The van der Waals surface area contributed by atoms with Crippen LogP contribution in [0.5, 0.6) is 5.75 Å². The monoisotopic (exact) mass is 464 g/mol. The normalized spacial score (nSPS) is 14.9. The van der Waals surface area contributed by atoms with Gasteiger partial charge in [0.15, 0.2) is 5.60 Å². The van der Waals surface area contributed by atoms with Gasteiger partial charge in [-0.05, 0) is 49.1 Å². The lowest BCUT2D eigenvalue weighted by Gasteiger charge is -2.37. The zero-order valence-corrected chi connectivity index (χ0v) is 18.3. The highest BCUT2D eigenvalue weighted by Crippen LogP contribution is 2.44. The van der Waals surface area contributed by atoms with Crippen molar-refractivity contribution in [3.8, 4) is 5.75 Å². The molecule has 0 fully saturated rings. The Bertz CT molecular complexity index is 1020. The van der Waals surface area contributed by atoms with Crippen LogP contribution in [0, 0.1) is 12.7 Å². The van der Waals surface area contributed by atoms with E-state index in [2.05, 4.69) is 4.18 Å². The molecule has 31 heavy (non-hydrogen) atoms. The molecule has 10 heteroatoms. The van der Waals surface area contributed by atoms with Crippen LogP contribution in [0.15, 0.2) is 47.4 Å². The molecule has 0 amide bonds. The second-order valence-electron chi connectivity index (χ2n) is 7.96. The van der Waals surface area contributed by atoms with Gasteiger partial charge in [-0.15, -0.1) is 0 Å². The summed E-state index contributed by atoms with van der Waals surface area (Å²) in [7, 11) is -3.28. The number of rotatable bonds is 8. The second-order valence-corrected chi connectivity index (χ2v) is 9.58. The molecular weight excluding hydrogens is 440 g/mol. The summed E-state index contributed by atoms with van der Waals surface area (Å²) in [6.45, 7) is 2.86. The molecule has 0 saturated carbocycles. The summed E-state index contributed by atoms with van der Waals surface area (Å²) < 4.78 is 89.6. The minimum atomic E-state index is -5.23. The van der Waals surface area contributed by atoms with Gasteiger partial charge in [0, 0.05) is 5.56 Å². The molecule has 0 aliphatic heterocycles. The molecule has 0 bridgehead atoms. The van der Waals surface area contributed by atoms with Crippen LogP contribution in [-0.2, 0) is 19.7 Å². The number of alkyl halides is 3. The quantitative estimate of drug-likeness (QED) is 0.460. The zero-order valence-electron chi connectivity index (χ0n) is 17.5. The van der Waals surface area contributed by atoms with Crippen LogP contribution in [0.2, 0.25) is 0 Å². The molecule has 0 aliphatic carbocycles. The van der Waals surface area contributed by atoms with E-state index in [1.807, 2.05) is 0 Å². The van der Waals surface area contributed by atoms with Crippen molar-refractivity contribution < 1.29 is 40.0 Å². The Hall–Kier alpha value is -2.17. The van der Waals surface area contributed by atoms with Gasteiger partial charge in [-0.1, -0.05) is 31.5 Å². The van der Waals surface area contributed by atoms with E-state index < -0.39 is 46.2 Å². The first kappa shape index (κ1) is 25.1. The lowest BCUT2D eigenvalue weighted by molar-refractivity contribution is -0.274. The van der Waals surface area contributed by atoms with E-state index in [9.17, 15) is 31.1 Å². The van der Waals surface area contributed by atoms with Crippen molar-refractivity contribution >= 4 is 10.1 Å². The number of halogens is 4. The molecule has 2 rings (SSSR count). The van der Waals surface area contributed by atoms with E-state index in [0.717, 1.165) is 17.7 Å². The van der Waals surface area contributed by atoms with Crippen LogP contribution in [0.3, 0.4) is 0 Å². The second kappa shape index (κ2) is 8.76. The Morgan fingerprint density at radius 3 is 2.13 bits per heavy atom. The Kier molecular flexibility index (Phi) is 7.09. The van der Waals surface area contributed by atoms with Crippen LogP contribution in [0.25, 0.3) is 0 Å². The summed E-state index contributed by atoms with van der Waals surface area (Å²) in [6, 6.07) is 8.68. The molecule has 2 aromatic carbocycles. The Labute approximate surface area is 178 Å². The molecule has 0 saturated heterocycles. The van der Waals surface area contributed by atoms with E-state index in [1.165, 1.54) is 51.3 Å². The fourth-order valence-electron chi connectivity index (χ4n) is 3.22. The third-order valence-electron chi connectivity index (χ3n) is 4.92.